The van der Waals surface area contributed by atoms with Gasteiger partial charge in [0, 0.05) is 6.54 Å². The SMILES string of the molecule is CCCn1ncnc1[C@H](C)NC(=O)c1n[nH]nc1C. The molecule has 0 fully saturated rings. The highest BCUT2D eigenvalue weighted by atomic mass is 16.2. The number of amides is 1. The quantitative estimate of drug-likeness (QED) is 0.822. The van der Waals surface area contributed by atoms with Crippen LogP contribution in [0.15, 0.2) is 6.33 Å². The minimum absolute atomic E-state index is 0.238. The summed E-state index contributed by atoms with van der Waals surface area (Å²) < 4.78 is 1.79. The van der Waals surface area contributed by atoms with Crippen molar-refractivity contribution in [3.8, 4) is 0 Å². The lowest BCUT2D eigenvalue weighted by molar-refractivity contribution is 0.0931. The predicted octanol–water partition coefficient (Wildman–Crippen LogP) is 0.606. The molecule has 102 valence electrons. The Kier molecular flexibility index (Phi) is 3.88. The molecule has 2 heterocycles. The molecule has 0 saturated carbocycles. The molecule has 2 rings (SSSR count). The normalized spacial score (nSPS) is 12.4. The molecule has 0 aliphatic rings. The minimum Gasteiger partial charge on any atom is -0.341 e. The van der Waals surface area contributed by atoms with Crippen molar-refractivity contribution in [2.75, 3.05) is 0 Å². The van der Waals surface area contributed by atoms with Crippen LogP contribution in [0.4, 0.5) is 0 Å². The van der Waals surface area contributed by atoms with E-state index in [1.807, 2.05) is 6.92 Å². The number of nitrogens with zero attached hydrogens (tertiary/aromatic N) is 5. The molecule has 0 saturated heterocycles. The summed E-state index contributed by atoms with van der Waals surface area (Å²) in [6, 6.07) is -0.238. The van der Waals surface area contributed by atoms with Gasteiger partial charge in [-0.2, -0.15) is 20.5 Å². The number of rotatable bonds is 5. The van der Waals surface area contributed by atoms with Gasteiger partial charge >= 0.3 is 0 Å². The van der Waals surface area contributed by atoms with E-state index in [2.05, 4.69) is 37.7 Å². The van der Waals surface area contributed by atoms with E-state index >= 15 is 0 Å². The summed E-state index contributed by atoms with van der Waals surface area (Å²) in [6.45, 7) is 6.43. The minimum atomic E-state index is -0.273. The summed E-state index contributed by atoms with van der Waals surface area (Å²) in [5.41, 5.74) is 0.869. The third-order valence-corrected chi connectivity index (χ3v) is 2.75. The number of nitrogens with one attached hydrogen (secondary N) is 2. The summed E-state index contributed by atoms with van der Waals surface area (Å²) in [7, 11) is 0. The third-order valence-electron chi connectivity index (χ3n) is 2.75. The Morgan fingerprint density at radius 2 is 2.32 bits per heavy atom. The van der Waals surface area contributed by atoms with Gasteiger partial charge in [0.2, 0.25) is 0 Å². The van der Waals surface area contributed by atoms with Gasteiger partial charge in [-0.25, -0.2) is 9.67 Å². The molecule has 0 spiro atoms. The number of aromatic amines is 1. The number of hydrogen-bond donors (Lipinski definition) is 2. The third kappa shape index (κ3) is 2.78. The molecule has 0 aromatic carbocycles. The van der Waals surface area contributed by atoms with Gasteiger partial charge in [0.05, 0.1) is 11.7 Å². The van der Waals surface area contributed by atoms with Crippen LogP contribution in [0.5, 0.6) is 0 Å². The molecule has 1 amide bonds. The van der Waals surface area contributed by atoms with Crippen molar-refractivity contribution in [2.45, 2.75) is 39.8 Å². The van der Waals surface area contributed by atoms with Crippen LogP contribution >= 0.6 is 0 Å². The molecule has 8 nitrogen and oxygen atoms in total. The molecule has 19 heavy (non-hydrogen) atoms. The van der Waals surface area contributed by atoms with Crippen LogP contribution in [0.2, 0.25) is 0 Å². The van der Waals surface area contributed by atoms with Gasteiger partial charge in [0.1, 0.15) is 12.2 Å². The summed E-state index contributed by atoms with van der Waals surface area (Å²) in [4.78, 5) is 16.2. The average molecular weight is 263 g/mol. The van der Waals surface area contributed by atoms with Crippen molar-refractivity contribution in [1.29, 1.82) is 0 Å². The van der Waals surface area contributed by atoms with Crippen LogP contribution in [0.25, 0.3) is 0 Å². The van der Waals surface area contributed by atoms with Crippen LogP contribution in [-0.4, -0.2) is 36.1 Å². The van der Waals surface area contributed by atoms with Crippen molar-refractivity contribution < 1.29 is 4.79 Å². The van der Waals surface area contributed by atoms with Gasteiger partial charge in [-0.3, -0.25) is 4.79 Å². The Labute approximate surface area is 110 Å². The number of H-pyrrole nitrogens is 1. The lowest BCUT2D eigenvalue weighted by Crippen LogP contribution is -2.29. The highest BCUT2D eigenvalue weighted by molar-refractivity contribution is 5.93. The number of aryl methyl sites for hydroxylation is 2. The van der Waals surface area contributed by atoms with Crippen LogP contribution < -0.4 is 5.32 Å². The van der Waals surface area contributed by atoms with Crippen LogP contribution in [0, 0.1) is 6.92 Å². The standard InChI is InChI=1S/C11H17N7O/c1-4-5-18-10(12-6-13-18)8(3)14-11(19)9-7(2)15-17-16-9/h6,8H,4-5H2,1-3H3,(H,14,19)(H,15,16,17)/t8-/m0/s1. The van der Waals surface area contributed by atoms with E-state index in [1.165, 1.54) is 6.33 Å². The van der Waals surface area contributed by atoms with E-state index < -0.39 is 0 Å². The van der Waals surface area contributed by atoms with Gasteiger partial charge in [0.15, 0.2) is 5.69 Å². The van der Waals surface area contributed by atoms with E-state index in [-0.39, 0.29) is 11.9 Å². The van der Waals surface area contributed by atoms with E-state index in [0.29, 0.717) is 11.4 Å². The smallest absolute Gasteiger partial charge is 0.274 e. The first-order chi connectivity index (χ1) is 9.13. The fourth-order valence-corrected chi connectivity index (χ4v) is 1.82. The topological polar surface area (TPSA) is 101 Å². The zero-order chi connectivity index (χ0) is 13.8. The summed E-state index contributed by atoms with van der Waals surface area (Å²) >= 11 is 0. The second-order valence-electron chi connectivity index (χ2n) is 4.29. The number of carbonyl (C=O) groups is 1. The fraction of sp³-hybridized carbons (Fsp3) is 0.545. The maximum absolute atomic E-state index is 12.0. The van der Waals surface area contributed by atoms with Gasteiger partial charge < -0.3 is 5.32 Å². The lowest BCUT2D eigenvalue weighted by Gasteiger charge is -2.13. The number of hydrogen-bond acceptors (Lipinski definition) is 5. The van der Waals surface area contributed by atoms with E-state index in [0.717, 1.165) is 18.8 Å². The number of aromatic nitrogens is 6. The zero-order valence-corrected chi connectivity index (χ0v) is 11.2. The maximum atomic E-state index is 12.0. The number of carbonyl (C=O) groups excluding carboxylic acids is 1. The summed E-state index contributed by atoms with van der Waals surface area (Å²) in [5.74, 6) is 0.459. The largest absolute Gasteiger partial charge is 0.341 e. The van der Waals surface area contributed by atoms with Gasteiger partial charge in [0.25, 0.3) is 5.91 Å². The second-order valence-corrected chi connectivity index (χ2v) is 4.29. The molecular formula is C11H17N7O. The summed E-state index contributed by atoms with van der Waals surface area (Å²) in [6.07, 6.45) is 2.45. The zero-order valence-electron chi connectivity index (χ0n) is 11.2. The molecule has 1 atom stereocenters. The first-order valence-electron chi connectivity index (χ1n) is 6.19. The van der Waals surface area contributed by atoms with Gasteiger partial charge in [-0.15, -0.1) is 0 Å². The van der Waals surface area contributed by atoms with Crippen molar-refractivity contribution in [3.63, 3.8) is 0 Å². The first kappa shape index (κ1) is 13.2. The van der Waals surface area contributed by atoms with Crippen LogP contribution in [0.3, 0.4) is 0 Å². The van der Waals surface area contributed by atoms with Crippen LogP contribution in [-0.2, 0) is 6.54 Å². The Morgan fingerprint density at radius 3 is 2.95 bits per heavy atom. The van der Waals surface area contributed by atoms with E-state index in [9.17, 15) is 4.79 Å². The molecule has 0 aliphatic heterocycles. The van der Waals surface area contributed by atoms with E-state index in [4.69, 9.17) is 0 Å². The molecular weight excluding hydrogens is 246 g/mol. The molecule has 0 unspecified atom stereocenters. The summed E-state index contributed by atoms with van der Waals surface area (Å²) in [5, 5.41) is 17.0. The van der Waals surface area contributed by atoms with Crippen LogP contribution in [0.1, 0.15) is 48.3 Å². The fourth-order valence-electron chi connectivity index (χ4n) is 1.82. The Hall–Kier alpha value is -2.25. The first-order valence-corrected chi connectivity index (χ1v) is 6.19. The molecule has 0 bridgehead atoms. The second kappa shape index (κ2) is 5.59. The molecule has 2 N–H and O–H groups in total. The lowest BCUT2D eigenvalue weighted by atomic mass is 10.2. The molecule has 0 aliphatic carbocycles. The maximum Gasteiger partial charge on any atom is 0.274 e. The predicted molar refractivity (Wildman–Crippen MR) is 67.3 cm³/mol. The van der Waals surface area contributed by atoms with Crippen molar-refractivity contribution in [3.05, 3.63) is 23.5 Å². The highest BCUT2D eigenvalue weighted by Crippen LogP contribution is 2.10. The Morgan fingerprint density at radius 1 is 1.53 bits per heavy atom. The molecule has 2 aromatic rings. The Bertz CT molecular complexity index is 559. The highest BCUT2D eigenvalue weighted by Gasteiger charge is 2.19. The van der Waals surface area contributed by atoms with Crippen molar-refractivity contribution in [2.24, 2.45) is 0 Å². The Balaban J connectivity index is 2.08. The average Bonchev–Trinajstić information content (AvgIpc) is 2.98. The van der Waals surface area contributed by atoms with Gasteiger partial charge in [-0.05, 0) is 20.3 Å². The monoisotopic (exact) mass is 263 g/mol. The molecule has 2 aromatic heterocycles. The molecule has 8 heteroatoms. The van der Waals surface area contributed by atoms with Crippen molar-refractivity contribution >= 4 is 5.91 Å². The van der Waals surface area contributed by atoms with E-state index in [1.54, 1.807) is 11.6 Å². The van der Waals surface area contributed by atoms with Crippen molar-refractivity contribution in [1.82, 2.24) is 35.5 Å². The molecule has 0 radical (unpaired) electrons. The van der Waals surface area contributed by atoms with Gasteiger partial charge in [-0.1, -0.05) is 6.92 Å².